The number of hydrogen-bond donors (Lipinski definition) is 1. The summed E-state index contributed by atoms with van der Waals surface area (Å²) in [5, 5.41) is 6.16. The summed E-state index contributed by atoms with van der Waals surface area (Å²) in [6, 6.07) is 3.44. The lowest BCUT2D eigenvalue weighted by molar-refractivity contribution is 0.0601. The number of carbonyl (C=O) groups excluding carboxylic acids is 1. The Labute approximate surface area is 115 Å². The number of pyridine rings is 1. The second kappa shape index (κ2) is 6.29. The third-order valence-corrected chi connectivity index (χ3v) is 3.57. The molecule has 5 nitrogen and oxygen atoms in total. The van der Waals surface area contributed by atoms with E-state index in [0.717, 1.165) is 11.4 Å². The fourth-order valence-electron chi connectivity index (χ4n) is 1.71. The first-order valence-corrected chi connectivity index (χ1v) is 6.83. The molecule has 0 fully saturated rings. The third kappa shape index (κ3) is 3.08. The molecule has 6 heteroatoms. The number of nitrogens with zero attached hydrogens (tertiary/aromatic N) is 2. The van der Waals surface area contributed by atoms with Crippen molar-refractivity contribution >= 4 is 23.1 Å². The molecule has 0 saturated carbocycles. The summed E-state index contributed by atoms with van der Waals surface area (Å²) in [5.74, 6) is 0.126. The van der Waals surface area contributed by atoms with E-state index in [1.807, 2.05) is 5.38 Å². The number of rotatable bonds is 5. The SMILES string of the molecule is CCC(Nc1ncccc1C(=O)OC)c1nccs1. The molecule has 1 unspecified atom stereocenters. The Morgan fingerprint density at radius 2 is 2.32 bits per heavy atom. The second-order valence-corrected chi connectivity index (χ2v) is 4.79. The van der Waals surface area contributed by atoms with Crippen LogP contribution in [0.3, 0.4) is 0 Å². The van der Waals surface area contributed by atoms with Crippen LogP contribution in [0, 0.1) is 0 Å². The molecule has 100 valence electrons. The minimum Gasteiger partial charge on any atom is -0.465 e. The summed E-state index contributed by atoms with van der Waals surface area (Å²) in [5.41, 5.74) is 0.431. The van der Waals surface area contributed by atoms with E-state index in [4.69, 9.17) is 4.74 Å². The summed E-state index contributed by atoms with van der Waals surface area (Å²) in [6.07, 6.45) is 4.26. The molecule has 0 bridgehead atoms. The van der Waals surface area contributed by atoms with Crippen LogP contribution in [0.5, 0.6) is 0 Å². The summed E-state index contributed by atoms with van der Waals surface area (Å²) >= 11 is 1.58. The highest BCUT2D eigenvalue weighted by Gasteiger charge is 2.17. The molecular weight excluding hydrogens is 262 g/mol. The van der Waals surface area contributed by atoms with Crippen LogP contribution in [0.15, 0.2) is 29.9 Å². The van der Waals surface area contributed by atoms with Crippen LogP contribution in [0.1, 0.15) is 34.8 Å². The van der Waals surface area contributed by atoms with Crippen molar-refractivity contribution in [3.8, 4) is 0 Å². The molecule has 2 rings (SSSR count). The standard InChI is InChI=1S/C13H15N3O2S/c1-3-10(12-15-7-8-19-12)16-11-9(13(17)18-2)5-4-6-14-11/h4-8,10H,3H2,1-2H3,(H,14,16). The van der Waals surface area contributed by atoms with Crippen LogP contribution in [0.25, 0.3) is 0 Å². The van der Waals surface area contributed by atoms with E-state index in [0.29, 0.717) is 11.4 Å². The van der Waals surface area contributed by atoms with Crippen molar-refractivity contribution in [2.45, 2.75) is 19.4 Å². The van der Waals surface area contributed by atoms with Crippen LogP contribution >= 0.6 is 11.3 Å². The maximum Gasteiger partial charge on any atom is 0.341 e. The zero-order valence-corrected chi connectivity index (χ0v) is 11.6. The average Bonchev–Trinajstić information content (AvgIpc) is 2.98. The van der Waals surface area contributed by atoms with Gasteiger partial charge in [0.1, 0.15) is 16.4 Å². The lowest BCUT2D eigenvalue weighted by Gasteiger charge is -2.16. The molecular formula is C13H15N3O2S. The van der Waals surface area contributed by atoms with E-state index in [-0.39, 0.29) is 6.04 Å². The fourth-order valence-corrected chi connectivity index (χ4v) is 2.48. The van der Waals surface area contributed by atoms with Gasteiger partial charge in [0.2, 0.25) is 0 Å². The van der Waals surface area contributed by atoms with Gasteiger partial charge in [-0.3, -0.25) is 0 Å². The molecule has 2 aromatic heterocycles. The number of esters is 1. The van der Waals surface area contributed by atoms with E-state index in [1.165, 1.54) is 7.11 Å². The molecule has 0 aliphatic carbocycles. The van der Waals surface area contributed by atoms with Gasteiger partial charge in [-0.2, -0.15) is 0 Å². The molecule has 0 aromatic carbocycles. The van der Waals surface area contributed by atoms with Gasteiger partial charge in [0.05, 0.1) is 13.2 Å². The minimum absolute atomic E-state index is 0.0401. The largest absolute Gasteiger partial charge is 0.465 e. The smallest absolute Gasteiger partial charge is 0.341 e. The lowest BCUT2D eigenvalue weighted by atomic mass is 10.2. The van der Waals surface area contributed by atoms with Crippen molar-refractivity contribution in [3.05, 3.63) is 40.5 Å². The maximum atomic E-state index is 11.7. The first-order chi connectivity index (χ1) is 9.26. The molecule has 2 aromatic rings. The first-order valence-electron chi connectivity index (χ1n) is 5.95. The molecule has 2 heterocycles. The summed E-state index contributed by atoms with van der Waals surface area (Å²) < 4.78 is 4.75. The highest BCUT2D eigenvalue weighted by molar-refractivity contribution is 7.09. The van der Waals surface area contributed by atoms with Gasteiger partial charge in [-0.05, 0) is 18.6 Å². The Bertz CT molecular complexity index is 543. The molecule has 1 N–H and O–H groups in total. The van der Waals surface area contributed by atoms with Crippen molar-refractivity contribution in [1.29, 1.82) is 0 Å². The molecule has 0 spiro atoms. The van der Waals surface area contributed by atoms with Gasteiger partial charge in [0.15, 0.2) is 0 Å². The predicted molar refractivity (Wildman–Crippen MR) is 74.3 cm³/mol. The number of anilines is 1. The molecule has 0 radical (unpaired) electrons. The Hall–Kier alpha value is -1.95. The van der Waals surface area contributed by atoms with Crippen molar-refractivity contribution in [2.75, 3.05) is 12.4 Å². The Balaban J connectivity index is 2.25. The quantitative estimate of drug-likeness (QED) is 0.851. The average molecular weight is 277 g/mol. The number of carbonyl (C=O) groups is 1. The molecule has 0 amide bonds. The summed E-state index contributed by atoms with van der Waals surface area (Å²) in [6.45, 7) is 2.06. The van der Waals surface area contributed by atoms with Crippen molar-refractivity contribution in [3.63, 3.8) is 0 Å². The lowest BCUT2D eigenvalue weighted by Crippen LogP contribution is -2.14. The van der Waals surface area contributed by atoms with Crippen LogP contribution in [0.4, 0.5) is 5.82 Å². The highest BCUT2D eigenvalue weighted by Crippen LogP contribution is 2.25. The Morgan fingerprint density at radius 1 is 1.47 bits per heavy atom. The van der Waals surface area contributed by atoms with Gasteiger partial charge >= 0.3 is 5.97 Å². The first kappa shape index (κ1) is 13.5. The van der Waals surface area contributed by atoms with Gasteiger partial charge in [0.25, 0.3) is 0 Å². The number of ether oxygens (including phenoxy) is 1. The van der Waals surface area contributed by atoms with E-state index < -0.39 is 5.97 Å². The highest BCUT2D eigenvalue weighted by atomic mass is 32.1. The van der Waals surface area contributed by atoms with Crippen LogP contribution in [0.2, 0.25) is 0 Å². The maximum absolute atomic E-state index is 11.7. The van der Waals surface area contributed by atoms with Gasteiger partial charge < -0.3 is 10.1 Å². The molecule has 1 atom stereocenters. The minimum atomic E-state index is -0.399. The van der Waals surface area contributed by atoms with E-state index >= 15 is 0 Å². The van der Waals surface area contributed by atoms with Crippen LogP contribution < -0.4 is 5.32 Å². The fraction of sp³-hybridized carbons (Fsp3) is 0.308. The van der Waals surface area contributed by atoms with Gasteiger partial charge in [0, 0.05) is 17.8 Å². The number of hydrogen-bond acceptors (Lipinski definition) is 6. The van der Waals surface area contributed by atoms with Gasteiger partial charge in [-0.1, -0.05) is 6.92 Å². The molecule has 0 aliphatic rings. The Morgan fingerprint density at radius 3 is 2.95 bits per heavy atom. The monoisotopic (exact) mass is 277 g/mol. The summed E-state index contributed by atoms with van der Waals surface area (Å²) in [7, 11) is 1.36. The van der Waals surface area contributed by atoms with Crippen molar-refractivity contribution in [2.24, 2.45) is 0 Å². The van der Waals surface area contributed by atoms with E-state index in [9.17, 15) is 4.79 Å². The summed E-state index contributed by atoms with van der Waals surface area (Å²) in [4.78, 5) is 20.2. The molecule has 19 heavy (non-hydrogen) atoms. The normalized spacial score (nSPS) is 11.9. The number of nitrogens with one attached hydrogen (secondary N) is 1. The topological polar surface area (TPSA) is 64.1 Å². The van der Waals surface area contributed by atoms with Gasteiger partial charge in [-0.25, -0.2) is 14.8 Å². The van der Waals surface area contributed by atoms with Crippen molar-refractivity contribution < 1.29 is 9.53 Å². The third-order valence-electron chi connectivity index (χ3n) is 2.68. The Kier molecular flexibility index (Phi) is 4.46. The zero-order chi connectivity index (χ0) is 13.7. The van der Waals surface area contributed by atoms with Crippen LogP contribution in [-0.2, 0) is 4.74 Å². The number of methoxy groups -OCH3 is 1. The number of thiazole rings is 1. The van der Waals surface area contributed by atoms with Gasteiger partial charge in [-0.15, -0.1) is 11.3 Å². The molecule has 0 aliphatic heterocycles. The second-order valence-electron chi connectivity index (χ2n) is 3.87. The predicted octanol–water partition coefficient (Wildman–Crippen LogP) is 2.89. The van der Waals surface area contributed by atoms with Crippen molar-refractivity contribution in [1.82, 2.24) is 9.97 Å². The zero-order valence-electron chi connectivity index (χ0n) is 10.8. The van der Waals surface area contributed by atoms with E-state index in [1.54, 1.807) is 35.9 Å². The van der Waals surface area contributed by atoms with Crippen LogP contribution in [-0.4, -0.2) is 23.0 Å². The van der Waals surface area contributed by atoms with E-state index in [2.05, 4.69) is 22.2 Å². The molecule has 0 saturated heterocycles. The number of aromatic nitrogens is 2.